The van der Waals surface area contributed by atoms with Gasteiger partial charge in [-0.25, -0.2) is 13.9 Å². The number of ketones is 2. The number of hydrogen-bond donors (Lipinski definition) is 1. The zero-order valence-electron chi connectivity index (χ0n) is 41.0. The fourth-order valence-electron chi connectivity index (χ4n) is 10.0. The quantitative estimate of drug-likeness (QED) is 0.0752. The Hall–Kier alpha value is -5.48. The van der Waals surface area contributed by atoms with E-state index in [0.29, 0.717) is 38.8 Å². The number of aryl methyl sites for hydroxylation is 2. The lowest BCUT2D eigenvalue weighted by Crippen LogP contribution is -2.42. The Morgan fingerprint density at radius 2 is 1.11 bits per heavy atom. The van der Waals surface area contributed by atoms with E-state index in [1.165, 1.54) is 0 Å². The average molecular weight is 1020 g/mol. The number of fused-ring (bicyclic) bond motifs is 6. The number of para-hydroxylation sites is 2. The summed E-state index contributed by atoms with van der Waals surface area (Å²) in [6.45, 7) is 10.8. The van der Waals surface area contributed by atoms with Crippen molar-refractivity contribution in [3.05, 3.63) is 107 Å². The van der Waals surface area contributed by atoms with Gasteiger partial charge < -0.3 is 29.1 Å². The predicted octanol–water partition coefficient (Wildman–Crippen LogP) is 7.31. The molecule has 4 aliphatic rings. The van der Waals surface area contributed by atoms with Crippen molar-refractivity contribution in [3.8, 4) is 0 Å². The van der Waals surface area contributed by atoms with Gasteiger partial charge in [0.2, 0.25) is 13.5 Å². The van der Waals surface area contributed by atoms with Crippen LogP contribution in [-0.4, -0.2) is 58.9 Å². The summed E-state index contributed by atoms with van der Waals surface area (Å²) in [4.78, 5) is 64.0. The monoisotopic (exact) mass is 1020 g/mol. The second-order valence-corrected chi connectivity index (χ2v) is 20.3. The molecule has 4 aliphatic carbocycles. The van der Waals surface area contributed by atoms with Crippen molar-refractivity contribution < 1.29 is 47.3 Å². The molecule has 0 bridgehead atoms. The maximum atomic E-state index is 13.5. The SMILES string of the molecule is Cc1n(CC2CCc3c(c4ccccc4n3C)C2=O)cc[n+]1COC(=O)C1(CC(=O)OC(C)(C)C)CC1.Cc1n(CC2CCc3c(c4ccccc4n3C)C2=O)cc[n+]1COC(=O)C1(N)CC1.Cl.Cl.Cl. The minimum atomic E-state index is -0.776. The standard InChI is InChI=1S/C29H36N3O5.C23H27N4O3.3ClH/c1-19-31(17-20-10-11-23-25(26(20)34)21-8-6-7-9-22(21)30(23)5)14-15-32(19)18-36-27(35)29(12-13-29)16-24(33)37-28(2,3)4;1-15-26(11-12-27(15)14-30-22(29)23(24)9-10-23)13-16-7-8-19-20(21(16)28)17-5-3-4-6-18(17)25(19)2;;;/h6-9,14-15,20H,10-13,16-18H2,1-5H3;3-6,11-12,16H,7-10,13-14,24H2,1-2H3;3*1H/q2*+1;;;. The highest BCUT2D eigenvalue weighted by Crippen LogP contribution is 2.50. The number of imidazole rings is 2. The van der Waals surface area contributed by atoms with Crippen LogP contribution in [0.25, 0.3) is 21.8 Å². The summed E-state index contributed by atoms with van der Waals surface area (Å²) < 4.78 is 28.6. The highest BCUT2D eigenvalue weighted by atomic mass is 35.5. The number of Topliss-reactive ketones (excluding diaryl/α,β-unsaturated/α-hetero) is 2. The Bertz CT molecular complexity index is 2970. The summed E-state index contributed by atoms with van der Waals surface area (Å²) in [5.74, 6) is 1.02. The second kappa shape index (κ2) is 20.7. The molecule has 0 saturated heterocycles. The number of aromatic nitrogens is 6. The van der Waals surface area contributed by atoms with Crippen LogP contribution in [0.1, 0.15) is 109 Å². The lowest BCUT2D eigenvalue weighted by atomic mass is 9.85. The molecule has 70 heavy (non-hydrogen) atoms. The second-order valence-electron chi connectivity index (χ2n) is 20.3. The third-order valence-corrected chi connectivity index (χ3v) is 14.6. The van der Waals surface area contributed by atoms with Crippen molar-refractivity contribution in [3.63, 3.8) is 0 Å². The van der Waals surface area contributed by atoms with Crippen LogP contribution in [0.4, 0.5) is 0 Å². The van der Waals surface area contributed by atoms with E-state index in [-0.39, 0.29) is 98.4 Å². The largest absolute Gasteiger partial charge is 0.460 e. The van der Waals surface area contributed by atoms with Crippen molar-refractivity contribution in [2.24, 2.45) is 37.1 Å². The number of esters is 3. The molecule has 376 valence electrons. The molecule has 2 aromatic carbocycles. The number of nitrogens with zero attached hydrogens (tertiary/aromatic N) is 6. The molecule has 0 spiro atoms. The van der Waals surface area contributed by atoms with Gasteiger partial charge in [0, 0.05) is 72.3 Å². The van der Waals surface area contributed by atoms with Crippen molar-refractivity contribution in [2.75, 3.05) is 0 Å². The molecule has 2 saturated carbocycles. The molecule has 10 rings (SSSR count). The first-order valence-corrected chi connectivity index (χ1v) is 23.5. The molecule has 4 aromatic heterocycles. The number of carbonyl (C=O) groups excluding carboxylic acids is 5. The maximum Gasteiger partial charge on any atom is 0.329 e. The fourth-order valence-corrected chi connectivity index (χ4v) is 10.0. The average Bonchev–Trinajstić information content (AvgIpc) is 4.11. The Balaban J connectivity index is 0.000000224. The van der Waals surface area contributed by atoms with E-state index in [4.69, 9.17) is 19.9 Å². The summed E-state index contributed by atoms with van der Waals surface area (Å²) in [5.41, 5.74) is 9.98. The number of carbonyl (C=O) groups is 5. The first-order valence-electron chi connectivity index (χ1n) is 23.5. The maximum absolute atomic E-state index is 13.5. The Kier molecular flexibility index (Phi) is 15.9. The van der Waals surface area contributed by atoms with Gasteiger partial charge in [0.15, 0.2) is 11.6 Å². The third-order valence-electron chi connectivity index (χ3n) is 14.6. The lowest BCUT2D eigenvalue weighted by molar-refractivity contribution is -0.733. The van der Waals surface area contributed by atoms with Gasteiger partial charge in [0.25, 0.3) is 11.6 Å². The minimum absolute atomic E-state index is 0. The summed E-state index contributed by atoms with van der Waals surface area (Å²) in [7, 11) is 4.08. The summed E-state index contributed by atoms with van der Waals surface area (Å²) in [6.07, 6.45) is 13.7. The van der Waals surface area contributed by atoms with Crippen molar-refractivity contribution in [1.82, 2.24) is 18.3 Å². The molecule has 0 aliphatic heterocycles. The summed E-state index contributed by atoms with van der Waals surface area (Å²) >= 11 is 0. The molecule has 2 unspecified atom stereocenters. The Labute approximate surface area is 426 Å². The van der Waals surface area contributed by atoms with Crippen LogP contribution in [0.3, 0.4) is 0 Å². The van der Waals surface area contributed by atoms with Gasteiger partial charge in [-0.2, -0.15) is 9.13 Å². The van der Waals surface area contributed by atoms with Crippen LogP contribution < -0.4 is 14.9 Å². The van der Waals surface area contributed by atoms with Crippen LogP contribution in [0.5, 0.6) is 0 Å². The van der Waals surface area contributed by atoms with Gasteiger partial charge in [-0.05, 0) is 84.3 Å². The number of halogens is 3. The lowest BCUT2D eigenvalue weighted by Gasteiger charge is -2.21. The molecular formula is C52H66Cl3N7O8+2. The molecule has 15 nitrogen and oxygen atoms in total. The topological polar surface area (TPSA) is 167 Å². The van der Waals surface area contributed by atoms with Gasteiger partial charge in [-0.3, -0.25) is 19.2 Å². The predicted molar refractivity (Wildman–Crippen MR) is 269 cm³/mol. The van der Waals surface area contributed by atoms with Crippen molar-refractivity contribution in [1.29, 1.82) is 0 Å². The summed E-state index contributed by atoms with van der Waals surface area (Å²) in [5, 5.41) is 2.08. The van der Waals surface area contributed by atoms with E-state index < -0.39 is 16.6 Å². The van der Waals surface area contributed by atoms with Gasteiger partial charge >= 0.3 is 17.9 Å². The van der Waals surface area contributed by atoms with Crippen LogP contribution in [0.2, 0.25) is 0 Å². The van der Waals surface area contributed by atoms with Crippen molar-refractivity contribution >= 4 is 88.5 Å². The number of ether oxygens (including phenoxy) is 3. The molecule has 2 fully saturated rings. The number of hydrogen-bond acceptors (Lipinski definition) is 9. The molecule has 2 N–H and O–H groups in total. The van der Waals surface area contributed by atoms with Crippen molar-refractivity contribution in [2.45, 2.75) is 130 Å². The number of rotatable bonds is 12. The summed E-state index contributed by atoms with van der Waals surface area (Å²) in [6, 6.07) is 16.2. The van der Waals surface area contributed by atoms with E-state index >= 15 is 0 Å². The Morgan fingerprint density at radius 3 is 1.53 bits per heavy atom. The Morgan fingerprint density at radius 1 is 0.686 bits per heavy atom. The fraction of sp³-hybridized carbons (Fsp3) is 0.481. The van der Waals surface area contributed by atoms with Crippen LogP contribution in [-0.2, 0) is 82.1 Å². The molecular weight excluding hydrogens is 957 g/mol. The first-order chi connectivity index (χ1) is 31.9. The zero-order valence-corrected chi connectivity index (χ0v) is 43.5. The van der Waals surface area contributed by atoms with Gasteiger partial charge in [-0.15, -0.1) is 37.2 Å². The van der Waals surface area contributed by atoms with Gasteiger partial charge in [0.1, 0.15) is 49.0 Å². The van der Waals surface area contributed by atoms with Crippen LogP contribution in [0, 0.1) is 31.1 Å². The van der Waals surface area contributed by atoms with E-state index in [1.54, 1.807) is 0 Å². The van der Waals surface area contributed by atoms with Gasteiger partial charge in [-0.1, -0.05) is 36.4 Å². The van der Waals surface area contributed by atoms with Gasteiger partial charge in [0.05, 0.1) is 23.7 Å². The van der Waals surface area contributed by atoms with E-state index in [1.807, 2.05) is 119 Å². The zero-order chi connectivity index (χ0) is 47.6. The molecule has 18 heteroatoms. The van der Waals surface area contributed by atoms with Crippen LogP contribution >= 0.6 is 37.2 Å². The minimum Gasteiger partial charge on any atom is -0.460 e. The van der Waals surface area contributed by atoms with E-state index in [2.05, 4.69) is 30.4 Å². The highest BCUT2D eigenvalue weighted by molar-refractivity contribution is 6.12. The molecule has 0 radical (unpaired) electrons. The number of benzene rings is 2. The number of nitrogens with two attached hydrogens (primary N) is 1. The smallest absolute Gasteiger partial charge is 0.329 e. The molecule has 4 heterocycles. The third kappa shape index (κ3) is 10.4. The van der Waals surface area contributed by atoms with Crippen LogP contribution in [0.15, 0.2) is 73.3 Å². The first kappa shape index (κ1) is 53.9. The molecule has 6 aromatic rings. The normalized spacial score (nSPS) is 18.2. The van der Waals surface area contributed by atoms with E-state index in [0.717, 1.165) is 81.7 Å². The molecule has 2 atom stereocenters. The highest BCUT2D eigenvalue weighted by Gasteiger charge is 2.54. The van der Waals surface area contributed by atoms with E-state index in [9.17, 15) is 24.0 Å². The molecule has 0 amide bonds.